The highest BCUT2D eigenvalue weighted by atomic mass is 15.3. The van der Waals surface area contributed by atoms with Gasteiger partial charge >= 0.3 is 0 Å². The van der Waals surface area contributed by atoms with Crippen LogP contribution in [0.15, 0.2) is 0 Å². The molecule has 0 aromatic heterocycles. The molecule has 1 atom stereocenters. The first-order chi connectivity index (χ1) is 8.28. The largest absolute Gasteiger partial charge is 0.313 e. The monoisotopic (exact) mass is 239 g/mol. The Bertz CT molecular complexity index is 208. The molecule has 0 spiro atoms. The zero-order valence-electron chi connectivity index (χ0n) is 11.6. The van der Waals surface area contributed by atoms with E-state index in [1.807, 2.05) is 0 Å². The number of piperazine rings is 1. The van der Waals surface area contributed by atoms with Gasteiger partial charge in [-0.2, -0.15) is 0 Å². The standard InChI is InChI=1S/C14H29N3/c1-3-6-15-13(2)11-16-7-9-17(10-8-16)12-14-4-5-14/h13-15H,3-12H2,1-2H3. The van der Waals surface area contributed by atoms with Gasteiger partial charge in [-0.1, -0.05) is 6.92 Å². The number of nitrogens with one attached hydrogen (secondary N) is 1. The van der Waals surface area contributed by atoms with Crippen molar-refractivity contribution in [3.05, 3.63) is 0 Å². The highest BCUT2D eigenvalue weighted by molar-refractivity contribution is 4.81. The van der Waals surface area contributed by atoms with E-state index in [1.54, 1.807) is 0 Å². The van der Waals surface area contributed by atoms with E-state index in [4.69, 9.17) is 0 Å². The minimum absolute atomic E-state index is 0.643. The fourth-order valence-corrected chi connectivity index (χ4v) is 2.66. The van der Waals surface area contributed by atoms with Gasteiger partial charge in [0.1, 0.15) is 0 Å². The van der Waals surface area contributed by atoms with Crippen LogP contribution in [-0.4, -0.2) is 61.7 Å². The van der Waals surface area contributed by atoms with E-state index in [-0.39, 0.29) is 0 Å². The molecule has 1 saturated carbocycles. The van der Waals surface area contributed by atoms with Crippen molar-refractivity contribution in [2.75, 3.05) is 45.8 Å². The van der Waals surface area contributed by atoms with Crippen molar-refractivity contribution in [1.29, 1.82) is 0 Å². The van der Waals surface area contributed by atoms with Crippen LogP contribution in [0.2, 0.25) is 0 Å². The summed E-state index contributed by atoms with van der Waals surface area (Å²) in [6, 6.07) is 0.643. The first-order valence-corrected chi connectivity index (χ1v) is 7.46. The van der Waals surface area contributed by atoms with E-state index in [9.17, 15) is 0 Å². The highest BCUT2D eigenvalue weighted by Gasteiger charge is 2.26. The maximum Gasteiger partial charge on any atom is 0.0166 e. The van der Waals surface area contributed by atoms with Gasteiger partial charge < -0.3 is 10.2 Å². The summed E-state index contributed by atoms with van der Waals surface area (Å²) in [5.41, 5.74) is 0. The molecule has 1 N–H and O–H groups in total. The molecule has 0 bridgehead atoms. The van der Waals surface area contributed by atoms with E-state index in [1.165, 1.54) is 58.5 Å². The Labute approximate surface area is 107 Å². The molecule has 100 valence electrons. The minimum Gasteiger partial charge on any atom is -0.313 e. The van der Waals surface area contributed by atoms with E-state index < -0.39 is 0 Å². The predicted octanol–water partition coefficient (Wildman–Crippen LogP) is 1.40. The van der Waals surface area contributed by atoms with Crippen LogP contribution in [0.1, 0.15) is 33.1 Å². The summed E-state index contributed by atoms with van der Waals surface area (Å²) in [6.07, 6.45) is 4.20. The normalized spacial score (nSPS) is 25.1. The van der Waals surface area contributed by atoms with Gasteiger partial charge in [0.25, 0.3) is 0 Å². The third kappa shape index (κ3) is 4.94. The molecule has 1 heterocycles. The predicted molar refractivity (Wildman–Crippen MR) is 73.4 cm³/mol. The average molecular weight is 239 g/mol. The summed E-state index contributed by atoms with van der Waals surface area (Å²) in [6.45, 7) is 13.4. The molecule has 0 radical (unpaired) electrons. The van der Waals surface area contributed by atoms with Gasteiger partial charge in [0, 0.05) is 45.3 Å². The first-order valence-electron chi connectivity index (χ1n) is 7.46. The summed E-state index contributed by atoms with van der Waals surface area (Å²) in [7, 11) is 0. The van der Waals surface area contributed by atoms with Crippen LogP contribution in [0.25, 0.3) is 0 Å². The van der Waals surface area contributed by atoms with Crippen molar-refractivity contribution in [2.24, 2.45) is 5.92 Å². The molecule has 3 heteroatoms. The molecule has 3 nitrogen and oxygen atoms in total. The quantitative estimate of drug-likeness (QED) is 0.724. The fourth-order valence-electron chi connectivity index (χ4n) is 2.66. The average Bonchev–Trinajstić information content (AvgIpc) is 3.13. The molecular formula is C14H29N3. The number of hydrogen-bond donors (Lipinski definition) is 1. The lowest BCUT2D eigenvalue weighted by molar-refractivity contribution is 0.121. The highest BCUT2D eigenvalue weighted by Crippen LogP contribution is 2.29. The second kappa shape index (κ2) is 6.72. The fraction of sp³-hybridized carbons (Fsp3) is 1.00. The molecule has 1 saturated heterocycles. The van der Waals surface area contributed by atoms with Crippen LogP contribution in [0.4, 0.5) is 0 Å². The van der Waals surface area contributed by atoms with Crippen LogP contribution >= 0.6 is 0 Å². The first kappa shape index (κ1) is 13.3. The summed E-state index contributed by atoms with van der Waals surface area (Å²) in [5.74, 6) is 1.05. The Hall–Kier alpha value is -0.120. The molecule has 2 aliphatic rings. The van der Waals surface area contributed by atoms with Crippen molar-refractivity contribution < 1.29 is 0 Å². The molecule has 0 aromatic carbocycles. The van der Waals surface area contributed by atoms with Crippen LogP contribution in [-0.2, 0) is 0 Å². The van der Waals surface area contributed by atoms with E-state index in [0.29, 0.717) is 6.04 Å². The van der Waals surface area contributed by atoms with Gasteiger partial charge in [-0.15, -0.1) is 0 Å². The van der Waals surface area contributed by atoms with Crippen LogP contribution in [0.5, 0.6) is 0 Å². The molecular weight excluding hydrogens is 210 g/mol. The van der Waals surface area contributed by atoms with Crippen LogP contribution in [0.3, 0.4) is 0 Å². The van der Waals surface area contributed by atoms with Gasteiger partial charge in [0.05, 0.1) is 0 Å². The van der Waals surface area contributed by atoms with E-state index in [0.717, 1.165) is 12.5 Å². The summed E-state index contributed by atoms with van der Waals surface area (Å²) in [5, 5.41) is 3.58. The Morgan fingerprint density at radius 1 is 1.12 bits per heavy atom. The van der Waals surface area contributed by atoms with Crippen LogP contribution < -0.4 is 5.32 Å². The van der Waals surface area contributed by atoms with Gasteiger partial charge in [-0.05, 0) is 38.6 Å². The molecule has 0 aromatic rings. The summed E-state index contributed by atoms with van der Waals surface area (Å²) in [4.78, 5) is 5.29. The van der Waals surface area contributed by atoms with Crippen molar-refractivity contribution >= 4 is 0 Å². The lowest BCUT2D eigenvalue weighted by Gasteiger charge is -2.36. The van der Waals surface area contributed by atoms with E-state index in [2.05, 4.69) is 29.0 Å². The lowest BCUT2D eigenvalue weighted by Crippen LogP contribution is -2.50. The zero-order chi connectivity index (χ0) is 12.1. The Balaban J connectivity index is 1.57. The molecule has 1 aliphatic heterocycles. The molecule has 1 aliphatic carbocycles. The molecule has 2 rings (SSSR count). The van der Waals surface area contributed by atoms with Crippen molar-refractivity contribution in [3.8, 4) is 0 Å². The topological polar surface area (TPSA) is 18.5 Å². The van der Waals surface area contributed by atoms with Gasteiger partial charge in [0.15, 0.2) is 0 Å². The second-order valence-electron chi connectivity index (χ2n) is 5.90. The molecule has 0 amide bonds. The van der Waals surface area contributed by atoms with Gasteiger partial charge in [-0.25, -0.2) is 0 Å². The molecule has 1 unspecified atom stereocenters. The second-order valence-corrected chi connectivity index (χ2v) is 5.90. The Morgan fingerprint density at radius 3 is 2.35 bits per heavy atom. The van der Waals surface area contributed by atoms with Crippen molar-refractivity contribution in [3.63, 3.8) is 0 Å². The van der Waals surface area contributed by atoms with Gasteiger partial charge in [0.2, 0.25) is 0 Å². The Morgan fingerprint density at radius 2 is 1.76 bits per heavy atom. The maximum atomic E-state index is 3.58. The Kier molecular flexibility index (Phi) is 5.26. The van der Waals surface area contributed by atoms with Crippen LogP contribution in [0, 0.1) is 5.92 Å². The number of nitrogens with zero attached hydrogens (tertiary/aromatic N) is 2. The van der Waals surface area contributed by atoms with Gasteiger partial charge in [-0.3, -0.25) is 4.90 Å². The smallest absolute Gasteiger partial charge is 0.0166 e. The summed E-state index contributed by atoms with van der Waals surface area (Å²) >= 11 is 0. The molecule has 17 heavy (non-hydrogen) atoms. The SMILES string of the molecule is CCCNC(C)CN1CCN(CC2CC2)CC1. The van der Waals surface area contributed by atoms with Crippen molar-refractivity contribution in [2.45, 2.75) is 39.2 Å². The third-order valence-corrected chi connectivity index (χ3v) is 3.95. The van der Waals surface area contributed by atoms with Crippen molar-refractivity contribution in [1.82, 2.24) is 15.1 Å². The van der Waals surface area contributed by atoms with E-state index >= 15 is 0 Å². The number of rotatable bonds is 7. The summed E-state index contributed by atoms with van der Waals surface area (Å²) < 4.78 is 0. The maximum absolute atomic E-state index is 3.58. The molecule has 2 fully saturated rings. The lowest BCUT2D eigenvalue weighted by atomic mass is 10.2. The third-order valence-electron chi connectivity index (χ3n) is 3.95. The minimum atomic E-state index is 0.643. The zero-order valence-corrected chi connectivity index (χ0v) is 11.6. The number of hydrogen-bond acceptors (Lipinski definition) is 3.